The Balaban J connectivity index is 1.82. The summed E-state index contributed by atoms with van der Waals surface area (Å²) in [6, 6.07) is 9.79. The molecule has 0 atom stereocenters. The van der Waals surface area contributed by atoms with Crippen molar-refractivity contribution in [1.29, 1.82) is 0 Å². The third kappa shape index (κ3) is 3.90. The van der Waals surface area contributed by atoms with Crippen molar-refractivity contribution in [3.63, 3.8) is 0 Å². The summed E-state index contributed by atoms with van der Waals surface area (Å²) in [5.74, 6) is 1.59. The Morgan fingerprint density at radius 3 is 2.54 bits per heavy atom. The van der Waals surface area contributed by atoms with E-state index in [9.17, 15) is 8.42 Å². The number of nitrogens with zero attached hydrogens (tertiary/aromatic N) is 2. The topological polar surface area (TPSA) is 81.2 Å². The molecule has 0 aliphatic carbocycles. The van der Waals surface area contributed by atoms with Crippen LogP contribution in [0, 0.1) is 6.92 Å². The van der Waals surface area contributed by atoms with Crippen LogP contribution in [0.25, 0.3) is 0 Å². The molecule has 3 aromatic rings. The molecule has 0 saturated carbocycles. The molecule has 3 rings (SSSR count). The highest BCUT2D eigenvalue weighted by atomic mass is 32.2. The van der Waals surface area contributed by atoms with Gasteiger partial charge >= 0.3 is 0 Å². The Hall–Kier alpha value is -2.45. The largest absolute Gasteiger partial charge is 0.453 e. The van der Waals surface area contributed by atoms with Crippen molar-refractivity contribution in [2.45, 2.75) is 11.8 Å². The number of pyridine rings is 1. The summed E-state index contributed by atoms with van der Waals surface area (Å²) < 4.78 is 28.8. The molecule has 6 nitrogen and oxygen atoms in total. The monoisotopic (exact) mass is 361 g/mol. The summed E-state index contributed by atoms with van der Waals surface area (Å²) in [6.45, 7) is 1.92. The summed E-state index contributed by atoms with van der Waals surface area (Å²) >= 11 is 1.48. The van der Waals surface area contributed by atoms with Gasteiger partial charge in [0.2, 0.25) is 0 Å². The van der Waals surface area contributed by atoms with Crippen LogP contribution in [-0.4, -0.2) is 24.6 Å². The Labute approximate surface area is 144 Å². The molecule has 2 aromatic heterocycles. The third-order valence-electron chi connectivity index (χ3n) is 3.09. The SMILES string of the molecule is Cc1csc(Nc2ncccc2Oc2ccc(S(C)(=O)=O)cc2)n1. The van der Waals surface area contributed by atoms with E-state index in [1.54, 1.807) is 30.5 Å². The predicted molar refractivity (Wildman–Crippen MR) is 94.0 cm³/mol. The highest BCUT2D eigenvalue weighted by molar-refractivity contribution is 7.90. The summed E-state index contributed by atoms with van der Waals surface area (Å²) in [4.78, 5) is 8.86. The lowest BCUT2D eigenvalue weighted by Crippen LogP contribution is -1.98. The lowest BCUT2D eigenvalue weighted by molar-refractivity contribution is 0.482. The fourth-order valence-corrected chi connectivity index (χ4v) is 3.28. The van der Waals surface area contributed by atoms with Crippen molar-refractivity contribution < 1.29 is 13.2 Å². The molecule has 0 spiro atoms. The van der Waals surface area contributed by atoms with E-state index in [-0.39, 0.29) is 4.90 Å². The molecule has 8 heteroatoms. The van der Waals surface area contributed by atoms with E-state index < -0.39 is 9.84 Å². The summed E-state index contributed by atoms with van der Waals surface area (Å²) in [5, 5.41) is 5.79. The van der Waals surface area contributed by atoms with Crippen LogP contribution in [0.3, 0.4) is 0 Å². The van der Waals surface area contributed by atoms with Gasteiger partial charge in [-0.3, -0.25) is 0 Å². The van der Waals surface area contributed by atoms with Crippen LogP contribution in [0.15, 0.2) is 52.9 Å². The van der Waals surface area contributed by atoms with E-state index in [0.717, 1.165) is 10.8 Å². The van der Waals surface area contributed by atoms with Gasteiger partial charge in [-0.1, -0.05) is 0 Å². The second-order valence-electron chi connectivity index (χ2n) is 5.11. The maximum atomic E-state index is 11.5. The number of nitrogens with one attached hydrogen (secondary N) is 1. The lowest BCUT2D eigenvalue weighted by Gasteiger charge is -2.10. The zero-order valence-electron chi connectivity index (χ0n) is 13.1. The van der Waals surface area contributed by atoms with E-state index in [1.807, 2.05) is 12.3 Å². The van der Waals surface area contributed by atoms with Crippen molar-refractivity contribution in [2.24, 2.45) is 0 Å². The Kier molecular flexibility index (Phi) is 4.50. The molecule has 0 aliphatic rings. The van der Waals surface area contributed by atoms with E-state index >= 15 is 0 Å². The molecule has 0 aliphatic heterocycles. The zero-order valence-corrected chi connectivity index (χ0v) is 14.7. The van der Waals surface area contributed by atoms with Gasteiger partial charge in [-0.25, -0.2) is 18.4 Å². The number of thiazole rings is 1. The van der Waals surface area contributed by atoms with Crippen LogP contribution in [0.5, 0.6) is 11.5 Å². The highest BCUT2D eigenvalue weighted by Crippen LogP contribution is 2.31. The molecule has 124 valence electrons. The number of aryl methyl sites for hydroxylation is 1. The minimum atomic E-state index is -3.23. The maximum absolute atomic E-state index is 11.5. The number of hydrogen-bond donors (Lipinski definition) is 1. The molecule has 1 aromatic carbocycles. The van der Waals surface area contributed by atoms with E-state index in [1.165, 1.54) is 29.7 Å². The van der Waals surface area contributed by atoms with Gasteiger partial charge in [-0.2, -0.15) is 0 Å². The van der Waals surface area contributed by atoms with Gasteiger partial charge in [-0.05, 0) is 43.3 Å². The molecule has 0 bridgehead atoms. The lowest BCUT2D eigenvalue weighted by atomic mass is 10.3. The first-order valence-electron chi connectivity index (χ1n) is 7.04. The number of aromatic nitrogens is 2. The van der Waals surface area contributed by atoms with Crippen LogP contribution in [0.2, 0.25) is 0 Å². The van der Waals surface area contributed by atoms with Gasteiger partial charge in [0, 0.05) is 17.8 Å². The van der Waals surface area contributed by atoms with Crippen molar-refractivity contribution in [1.82, 2.24) is 9.97 Å². The van der Waals surface area contributed by atoms with E-state index in [0.29, 0.717) is 17.3 Å². The predicted octanol–water partition coefficient (Wildman–Crippen LogP) is 3.79. The molecule has 0 unspecified atom stereocenters. The second-order valence-corrected chi connectivity index (χ2v) is 7.99. The molecule has 0 amide bonds. The number of rotatable bonds is 5. The van der Waals surface area contributed by atoms with Crippen LogP contribution >= 0.6 is 11.3 Å². The summed E-state index contributed by atoms with van der Waals surface area (Å²) in [5.41, 5.74) is 0.928. The molecular formula is C16H15N3O3S2. The third-order valence-corrected chi connectivity index (χ3v) is 5.10. The van der Waals surface area contributed by atoms with Gasteiger partial charge in [0.05, 0.1) is 10.6 Å². The Morgan fingerprint density at radius 1 is 1.17 bits per heavy atom. The smallest absolute Gasteiger partial charge is 0.188 e. The molecule has 24 heavy (non-hydrogen) atoms. The normalized spacial score (nSPS) is 11.2. The van der Waals surface area contributed by atoms with Gasteiger partial charge in [0.1, 0.15) is 5.75 Å². The van der Waals surface area contributed by atoms with E-state index in [4.69, 9.17) is 4.74 Å². The van der Waals surface area contributed by atoms with Gasteiger partial charge < -0.3 is 10.1 Å². The summed E-state index contributed by atoms with van der Waals surface area (Å²) in [7, 11) is -3.23. The molecule has 1 N–H and O–H groups in total. The molecule has 0 fully saturated rings. The standard InChI is InChI=1S/C16H15N3O3S2/c1-11-10-23-16(18-11)19-15-14(4-3-9-17-15)22-12-5-7-13(8-6-12)24(2,20)21/h3-10H,1-2H3,(H,17,18,19). The van der Waals surface area contributed by atoms with E-state index in [2.05, 4.69) is 15.3 Å². The minimum absolute atomic E-state index is 0.248. The number of anilines is 2. The second kappa shape index (κ2) is 6.58. The fourth-order valence-electron chi connectivity index (χ4n) is 1.96. The van der Waals surface area contributed by atoms with Gasteiger partial charge in [0.25, 0.3) is 0 Å². The van der Waals surface area contributed by atoms with Crippen molar-refractivity contribution in [3.05, 3.63) is 53.7 Å². The van der Waals surface area contributed by atoms with Crippen molar-refractivity contribution in [2.75, 3.05) is 11.6 Å². The fraction of sp³-hybridized carbons (Fsp3) is 0.125. The molecule has 0 saturated heterocycles. The minimum Gasteiger partial charge on any atom is -0.453 e. The van der Waals surface area contributed by atoms with Crippen molar-refractivity contribution >= 4 is 32.1 Å². The summed E-state index contributed by atoms with van der Waals surface area (Å²) in [6.07, 6.45) is 2.82. The molecule has 0 radical (unpaired) electrons. The Bertz CT molecular complexity index is 951. The van der Waals surface area contributed by atoms with Gasteiger partial charge in [-0.15, -0.1) is 11.3 Å². The first-order chi connectivity index (χ1) is 11.4. The number of ether oxygens (including phenoxy) is 1. The average molecular weight is 361 g/mol. The number of sulfone groups is 1. The van der Waals surface area contributed by atoms with Crippen LogP contribution in [-0.2, 0) is 9.84 Å². The Morgan fingerprint density at radius 2 is 1.92 bits per heavy atom. The highest BCUT2D eigenvalue weighted by Gasteiger charge is 2.10. The van der Waals surface area contributed by atoms with Crippen LogP contribution < -0.4 is 10.1 Å². The quantitative estimate of drug-likeness (QED) is 0.745. The average Bonchev–Trinajstić information content (AvgIpc) is 2.94. The maximum Gasteiger partial charge on any atom is 0.188 e. The first kappa shape index (κ1) is 16.4. The first-order valence-corrected chi connectivity index (χ1v) is 9.81. The zero-order chi connectivity index (χ0) is 17.2. The molecular weight excluding hydrogens is 346 g/mol. The number of benzene rings is 1. The van der Waals surface area contributed by atoms with Crippen LogP contribution in [0.1, 0.15) is 5.69 Å². The molecule has 2 heterocycles. The van der Waals surface area contributed by atoms with Crippen LogP contribution in [0.4, 0.5) is 10.9 Å². The number of hydrogen-bond acceptors (Lipinski definition) is 7. The van der Waals surface area contributed by atoms with Crippen molar-refractivity contribution in [3.8, 4) is 11.5 Å². The van der Waals surface area contributed by atoms with Gasteiger partial charge in [0.15, 0.2) is 26.5 Å².